The van der Waals surface area contributed by atoms with Crippen LogP contribution in [0.2, 0.25) is 0 Å². The molecule has 0 saturated heterocycles. The minimum absolute atomic E-state index is 0.364. The highest BCUT2D eigenvalue weighted by Crippen LogP contribution is 2.14. The Hall–Kier alpha value is -2.87. The molecule has 0 atom stereocenters. The van der Waals surface area contributed by atoms with Crippen LogP contribution in [0.4, 0.5) is 5.95 Å². The van der Waals surface area contributed by atoms with Crippen molar-refractivity contribution in [3.05, 3.63) is 56.2 Å². The van der Waals surface area contributed by atoms with E-state index in [0.29, 0.717) is 23.7 Å². The van der Waals surface area contributed by atoms with E-state index in [4.69, 9.17) is 0 Å². The van der Waals surface area contributed by atoms with Crippen molar-refractivity contribution in [2.75, 3.05) is 18.4 Å². The first kappa shape index (κ1) is 18.9. The van der Waals surface area contributed by atoms with Crippen LogP contribution in [0.1, 0.15) is 25.0 Å². The van der Waals surface area contributed by atoms with Crippen LogP contribution in [0, 0.1) is 0 Å². The number of hydrogen-bond acceptors (Lipinski definition) is 5. The molecule has 8 nitrogen and oxygen atoms in total. The van der Waals surface area contributed by atoms with Crippen molar-refractivity contribution in [3.63, 3.8) is 0 Å². The smallest absolute Gasteiger partial charge is 0.329 e. The highest BCUT2D eigenvalue weighted by Gasteiger charge is 2.14. The summed E-state index contributed by atoms with van der Waals surface area (Å²) in [5.74, 6) is 0.545. The number of aromatic nitrogens is 4. The van der Waals surface area contributed by atoms with Gasteiger partial charge >= 0.3 is 5.69 Å². The first-order valence-corrected chi connectivity index (χ1v) is 9.14. The molecule has 0 amide bonds. The first-order chi connectivity index (χ1) is 12.9. The molecule has 0 bridgehead atoms. The number of fused-ring (bicyclic) bond motifs is 1. The van der Waals surface area contributed by atoms with Crippen molar-refractivity contribution < 1.29 is 0 Å². The van der Waals surface area contributed by atoms with Crippen LogP contribution in [-0.4, -0.2) is 37.1 Å². The summed E-state index contributed by atoms with van der Waals surface area (Å²) in [7, 11) is 3.34. The Bertz CT molecular complexity index is 1040. The van der Waals surface area contributed by atoms with Gasteiger partial charge in [0.05, 0.1) is 0 Å². The molecule has 1 aromatic carbocycles. The number of rotatable bonds is 7. The van der Waals surface area contributed by atoms with E-state index in [-0.39, 0.29) is 0 Å². The Kier molecular flexibility index (Phi) is 5.46. The zero-order valence-electron chi connectivity index (χ0n) is 16.2. The number of imidazole rings is 1. The summed E-state index contributed by atoms with van der Waals surface area (Å²) >= 11 is 0. The van der Waals surface area contributed by atoms with E-state index >= 15 is 0 Å². The van der Waals surface area contributed by atoms with E-state index in [2.05, 4.69) is 58.3 Å². The molecule has 0 radical (unpaired) electrons. The fourth-order valence-electron chi connectivity index (χ4n) is 3.12. The predicted octanol–water partition coefficient (Wildman–Crippen LogP) is 1.41. The number of aromatic amines is 1. The van der Waals surface area contributed by atoms with Gasteiger partial charge in [0, 0.05) is 27.2 Å². The zero-order chi connectivity index (χ0) is 19.6. The van der Waals surface area contributed by atoms with Gasteiger partial charge in [0.25, 0.3) is 5.56 Å². The summed E-state index contributed by atoms with van der Waals surface area (Å²) in [6.45, 7) is 7.93. The maximum absolute atomic E-state index is 12.1. The lowest BCUT2D eigenvalue weighted by atomic mass is 10.1. The molecule has 144 valence electrons. The lowest BCUT2D eigenvalue weighted by Gasteiger charge is -2.18. The van der Waals surface area contributed by atoms with Crippen molar-refractivity contribution in [1.29, 1.82) is 0 Å². The Morgan fingerprint density at radius 2 is 1.67 bits per heavy atom. The molecule has 0 spiro atoms. The lowest BCUT2D eigenvalue weighted by molar-refractivity contribution is 0.296. The minimum atomic E-state index is -0.471. The van der Waals surface area contributed by atoms with Gasteiger partial charge in [-0.3, -0.25) is 19.2 Å². The summed E-state index contributed by atoms with van der Waals surface area (Å²) in [5.41, 5.74) is 2.23. The van der Waals surface area contributed by atoms with Crippen LogP contribution in [-0.2, 0) is 27.2 Å². The SMILES string of the molecule is CCN(CC)Cc1ccc(CNc2nc3c(c(=O)[nH]c(=O)n3C)n2C)cc1. The van der Waals surface area contributed by atoms with Gasteiger partial charge in [-0.2, -0.15) is 4.98 Å². The second-order valence-electron chi connectivity index (χ2n) is 6.62. The van der Waals surface area contributed by atoms with Gasteiger partial charge < -0.3 is 9.88 Å². The summed E-state index contributed by atoms with van der Waals surface area (Å²) in [4.78, 5) is 32.9. The van der Waals surface area contributed by atoms with Gasteiger partial charge in [0.1, 0.15) is 0 Å². The summed E-state index contributed by atoms with van der Waals surface area (Å²) in [6.07, 6.45) is 0. The molecular weight excluding hydrogens is 344 g/mol. The molecule has 0 aliphatic heterocycles. The summed E-state index contributed by atoms with van der Waals surface area (Å²) in [6, 6.07) is 8.46. The first-order valence-electron chi connectivity index (χ1n) is 9.14. The molecule has 2 aromatic heterocycles. The van der Waals surface area contributed by atoms with Gasteiger partial charge in [-0.15, -0.1) is 0 Å². The molecule has 0 saturated carbocycles. The molecule has 2 heterocycles. The predicted molar refractivity (Wildman–Crippen MR) is 107 cm³/mol. The lowest BCUT2D eigenvalue weighted by Crippen LogP contribution is -2.29. The van der Waals surface area contributed by atoms with Crippen molar-refractivity contribution in [2.24, 2.45) is 14.1 Å². The maximum atomic E-state index is 12.1. The van der Waals surface area contributed by atoms with Gasteiger partial charge in [0.15, 0.2) is 11.2 Å². The van der Waals surface area contributed by atoms with Crippen molar-refractivity contribution in [3.8, 4) is 0 Å². The number of hydrogen-bond donors (Lipinski definition) is 2. The molecule has 2 N–H and O–H groups in total. The highest BCUT2D eigenvalue weighted by molar-refractivity contribution is 5.73. The quantitative estimate of drug-likeness (QED) is 0.657. The average molecular weight is 370 g/mol. The molecule has 0 fully saturated rings. The van der Waals surface area contributed by atoms with Gasteiger partial charge in [-0.1, -0.05) is 38.1 Å². The van der Waals surface area contributed by atoms with E-state index < -0.39 is 11.2 Å². The molecule has 0 unspecified atom stereocenters. The Morgan fingerprint density at radius 1 is 1.04 bits per heavy atom. The topological polar surface area (TPSA) is 88.0 Å². The van der Waals surface area contributed by atoms with Gasteiger partial charge in [0.2, 0.25) is 5.95 Å². The van der Waals surface area contributed by atoms with E-state index in [9.17, 15) is 9.59 Å². The largest absolute Gasteiger partial charge is 0.352 e. The number of aryl methyl sites for hydroxylation is 2. The minimum Gasteiger partial charge on any atom is -0.352 e. The highest BCUT2D eigenvalue weighted by atomic mass is 16.2. The number of benzene rings is 1. The Balaban J connectivity index is 1.76. The molecule has 0 aliphatic rings. The monoisotopic (exact) mass is 370 g/mol. The Morgan fingerprint density at radius 3 is 2.30 bits per heavy atom. The van der Waals surface area contributed by atoms with Crippen LogP contribution in [0.3, 0.4) is 0 Å². The molecule has 8 heteroatoms. The van der Waals surface area contributed by atoms with E-state index in [1.807, 2.05) is 0 Å². The van der Waals surface area contributed by atoms with Crippen molar-refractivity contribution in [1.82, 2.24) is 24.0 Å². The number of nitrogens with zero attached hydrogens (tertiary/aromatic N) is 4. The normalized spacial score (nSPS) is 11.4. The second kappa shape index (κ2) is 7.79. The summed E-state index contributed by atoms with van der Waals surface area (Å²) < 4.78 is 3.01. The van der Waals surface area contributed by atoms with E-state index in [1.165, 1.54) is 10.1 Å². The summed E-state index contributed by atoms with van der Waals surface area (Å²) in [5, 5.41) is 3.25. The number of anilines is 1. The third-order valence-corrected chi connectivity index (χ3v) is 4.91. The average Bonchev–Trinajstić information content (AvgIpc) is 3.00. The van der Waals surface area contributed by atoms with Gasteiger partial charge in [-0.05, 0) is 24.2 Å². The van der Waals surface area contributed by atoms with Crippen LogP contribution in [0.25, 0.3) is 11.2 Å². The van der Waals surface area contributed by atoms with Crippen LogP contribution in [0.5, 0.6) is 0 Å². The molecular formula is C19H26N6O2. The van der Waals surface area contributed by atoms with Crippen molar-refractivity contribution >= 4 is 17.1 Å². The Labute approximate surface area is 157 Å². The molecule has 27 heavy (non-hydrogen) atoms. The van der Waals surface area contributed by atoms with Gasteiger partial charge in [-0.25, -0.2) is 4.79 Å². The standard InChI is InChI=1S/C19H26N6O2/c1-5-25(6-2)12-14-9-7-13(8-10-14)11-20-18-21-16-15(23(18)3)17(26)22-19(27)24(16)4/h7-10H,5-6,11-12H2,1-4H3,(H,20,21)(H,22,26,27). The third kappa shape index (κ3) is 3.80. The fraction of sp³-hybridized carbons (Fsp3) is 0.421. The van der Waals surface area contributed by atoms with Crippen LogP contribution >= 0.6 is 0 Å². The second-order valence-corrected chi connectivity index (χ2v) is 6.62. The fourth-order valence-corrected chi connectivity index (χ4v) is 3.12. The number of nitrogens with one attached hydrogen (secondary N) is 2. The molecule has 3 rings (SSSR count). The molecule has 3 aromatic rings. The van der Waals surface area contributed by atoms with Crippen LogP contribution in [0.15, 0.2) is 33.9 Å². The number of H-pyrrole nitrogens is 1. The third-order valence-electron chi connectivity index (χ3n) is 4.91. The van der Waals surface area contributed by atoms with Crippen molar-refractivity contribution in [2.45, 2.75) is 26.9 Å². The van der Waals surface area contributed by atoms with E-state index in [1.54, 1.807) is 18.7 Å². The zero-order valence-corrected chi connectivity index (χ0v) is 16.2. The molecule has 0 aliphatic carbocycles. The maximum Gasteiger partial charge on any atom is 0.329 e. The van der Waals surface area contributed by atoms with Crippen LogP contribution < -0.4 is 16.6 Å². The van der Waals surface area contributed by atoms with E-state index in [0.717, 1.165) is 25.2 Å².